The Morgan fingerprint density at radius 2 is 2.25 bits per heavy atom. The molecule has 0 aliphatic carbocycles. The lowest BCUT2D eigenvalue weighted by Crippen LogP contribution is -2.43. The van der Waals surface area contributed by atoms with E-state index in [9.17, 15) is 0 Å². The van der Waals surface area contributed by atoms with Gasteiger partial charge in [-0.15, -0.1) is 0 Å². The van der Waals surface area contributed by atoms with Crippen molar-refractivity contribution in [1.82, 2.24) is 5.32 Å². The van der Waals surface area contributed by atoms with Gasteiger partial charge in [0.25, 0.3) is 0 Å². The van der Waals surface area contributed by atoms with Crippen LogP contribution in [0.15, 0.2) is 0 Å². The Morgan fingerprint density at radius 3 is 2.50 bits per heavy atom. The summed E-state index contributed by atoms with van der Waals surface area (Å²) >= 11 is 0. The molecular weight excluding hydrogens is 98.1 g/mol. The van der Waals surface area contributed by atoms with Gasteiger partial charge in [0.1, 0.15) is 0 Å². The zero-order valence-electron chi connectivity index (χ0n) is 5.70. The van der Waals surface area contributed by atoms with Gasteiger partial charge < -0.3 is 5.32 Å². The molecule has 1 N–H and O–H groups in total. The number of piperidine rings is 1. The van der Waals surface area contributed by atoms with Gasteiger partial charge in [-0.05, 0) is 39.7 Å². The molecule has 8 heavy (non-hydrogen) atoms. The van der Waals surface area contributed by atoms with Gasteiger partial charge in [-0.1, -0.05) is 0 Å². The van der Waals surface area contributed by atoms with Crippen LogP contribution in [0.4, 0.5) is 0 Å². The highest BCUT2D eigenvalue weighted by molar-refractivity contribution is 4.88. The molecule has 0 spiro atoms. The van der Waals surface area contributed by atoms with Crippen molar-refractivity contribution in [3.8, 4) is 0 Å². The van der Waals surface area contributed by atoms with Crippen molar-refractivity contribution < 1.29 is 0 Å². The third kappa shape index (κ3) is 1.48. The molecule has 0 unspecified atom stereocenters. The van der Waals surface area contributed by atoms with Crippen molar-refractivity contribution in [2.45, 2.75) is 32.2 Å². The van der Waals surface area contributed by atoms with E-state index in [0.29, 0.717) is 5.54 Å². The molecule has 1 rings (SSSR count). The summed E-state index contributed by atoms with van der Waals surface area (Å²) < 4.78 is 0. The van der Waals surface area contributed by atoms with Crippen LogP contribution in [0.1, 0.15) is 26.7 Å². The standard InChI is InChI=1S/C7H14N/c1-7(2)5-3-4-6-8-7/h4,8H,3,5-6H2,1-2H3. The molecule has 1 aliphatic heterocycles. The number of hydrogen-bond acceptors (Lipinski definition) is 1. The molecule has 1 aliphatic rings. The smallest absolute Gasteiger partial charge is 0.0125 e. The molecule has 0 atom stereocenters. The summed E-state index contributed by atoms with van der Waals surface area (Å²) in [6.45, 7) is 5.59. The monoisotopic (exact) mass is 112 g/mol. The molecule has 0 aromatic rings. The zero-order chi connectivity index (χ0) is 6.04. The third-order valence-corrected chi connectivity index (χ3v) is 1.70. The fourth-order valence-corrected chi connectivity index (χ4v) is 1.00. The molecule has 1 nitrogen and oxygen atoms in total. The summed E-state index contributed by atoms with van der Waals surface area (Å²) in [7, 11) is 0. The molecule has 47 valence electrons. The van der Waals surface area contributed by atoms with Crippen molar-refractivity contribution in [1.29, 1.82) is 0 Å². The van der Waals surface area contributed by atoms with Crippen molar-refractivity contribution in [3.63, 3.8) is 0 Å². The van der Waals surface area contributed by atoms with Gasteiger partial charge in [-0.2, -0.15) is 0 Å². The van der Waals surface area contributed by atoms with E-state index in [1.54, 1.807) is 0 Å². The Kier molecular flexibility index (Phi) is 1.57. The minimum absolute atomic E-state index is 0.398. The van der Waals surface area contributed by atoms with Crippen LogP contribution < -0.4 is 5.32 Å². The molecule has 1 heteroatoms. The van der Waals surface area contributed by atoms with Crippen LogP contribution in [0.3, 0.4) is 0 Å². The van der Waals surface area contributed by atoms with Crippen molar-refractivity contribution in [2.75, 3.05) is 6.54 Å². The quantitative estimate of drug-likeness (QED) is 0.499. The first-order chi connectivity index (χ1) is 3.71. The van der Waals surface area contributed by atoms with E-state index >= 15 is 0 Å². The van der Waals surface area contributed by atoms with E-state index in [4.69, 9.17) is 0 Å². The Labute approximate surface area is 51.5 Å². The fourth-order valence-electron chi connectivity index (χ4n) is 1.00. The van der Waals surface area contributed by atoms with Gasteiger partial charge in [0.05, 0.1) is 0 Å². The maximum atomic E-state index is 3.40. The SMILES string of the molecule is CC1(C)CC[CH]CN1. The molecule has 0 saturated carbocycles. The molecule has 0 bridgehead atoms. The zero-order valence-corrected chi connectivity index (χ0v) is 5.70. The molecule has 0 aromatic carbocycles. The highest BCUT2D eigenvalue weighted by Gasteiger charge is 2.18. The highest BCUT2D eigenvalue weighted by atomic mass is 15.0. The van der Waals surface area contributed by atoms with Gasteiger partial charge in [0.2, 0.25) is 0 Å². The largest absolute Gasteiger partial charge is 0.312 e. The average Bonchev–Trinajstić information content (AvgIpc) is 1.65. The van der Waals surface area contributed by atoms with Gasteiger partial charge in [0.15, 0.2) is 0 Å². The first-order valence-electron chi connectivity index (χ1n) is 3.27. The van der Waals surface area contributed by atoms with Gasteiger partial charge in [-0.3, -0.25) is 0 Å². The second-order valence-electron chi connectivity index (χ2n) is 3.09. The van der Waals surface area contributed by atoms with Crippen LogP contribution in [-0.2, 0) is 0 Å². The highest BCUT2D eigenvalue weighted by Crippen LogP contribution is 2.15. The number of rotatable bonds is 0. The third-order valence-electron chi connectivity index (χ3n) is 1.70. The van der Waals surface area contributed by atoms with Crippen molar-refractivity contribution >= 4 is 0 Å². The molecule has 1 saturated heterocycles. The van der Waals surface area contributed by atoms with E-state index in [2.05, 4.69) is 25.6 Å². The number of nitrogens with one attached hydrogen (secondary N) is 1. The summed E-state index contributed by atoms with van der Waals surface area (Å²) in [4.78, 5) is 0. The normalized spacial score (nSPS) is 27.8. The topological polar surface area (TPSA) is 12.0 Å². The molecule has 0 amide bonds. The maximum absolute atomic E-state index is 3.40. The van der Waals surface area contributed by atoms with Crippen LogP contribution in [-0.4, -0.2) is 12.1 Å². The van der Waals surface area contributed by atoms with Crippen LogP contribution in [0.5, 0.6) is 0 Å². The van der Waals surface area contributed by atoms with Crippen molar-refractivity contribution in [3.05, 3.63) is 6.42 Å². The predicted molar refractivity (Wildman–Crippen MR) is 35.6 cm³/mol. The Hall–Kier alpha value is -0.0400. The maximum Gasteiger partial charge on any atom is 0.0125 e. The van der Waals surface area contributed by atoms with Crippen LogP contribution in [0, 0.1) is 6.42 Å². The van der Waals surface area contributed by atoms with Gasteiger partial charge in [-0.25, -0.2) is 0 Å². The lowest BCUT2D eigenvalue weighted by Gasteiger charge is -2.30. The second kappa shape index (κ2) is 2.06. The molecule has 1 fully saturated rings. The molecule has 1 heterocycles. The summed E-state index contributed by atoms with van der Waals surface area (Å²) in [5, 5.41) is 3.40. The van der Waals surface area contributed by atoms with E-state index in [1.807, 2.05) is 0 Å². The minimum Gasteiger partial charge on any atom is -0.312 e. The number of hydrogen-bond donors (Lipinski definition) is 1. The van der Waals surface area contributed by atoms with E-state index in [-0.39, 0.29) is 0 Å². The summed E-state index contributed by atoms with van der Waals surface area (Å²) in [5.74, 6) is 0. The Bertz CT molecular complexity index is 68.5. The van der Waals surface area contributed by atoms with E-state index in [1.165, 1.54) is 12.8 Å². The summed E-state index contributed by atoms with van der Waals surface area (Å²) in [6, 6.07) is 0. The van der Waals surface area contributed by atoms with Gasteiger partial charge in [0, 0.05) is 5.54 Å². The van der Waals surface area contributed by atoms with E-state index in [0.717, 1.165) is 6.54 Å². The fraction of sp³-hybridized carbons (Fsp3) is 0.857. The lowest BCUT2D eigenvalue weighted by atomic mass is 9.93. The molecule has 0 aromatic heterocycles. The lowest BCUT2D eigenvalue weighted by molar-refractivity contribution is 0.340. The predicted octanol–water partition coefficient (Wildman–Crippen LogP) is 1.35. The van der Waals surface area contributed by atoms with Crippen LogP contribution >= 0.6 is 0 Å². The average molecular weight is 112 g/mol. The molecular formula is C7H14N. The summed E-state index contributed by atoms with van der Waals surface area (Å²) in [5.41, 5.74) is 0.398. The Morgan fingerprint density at radius 1 is 1.50 bits per heavy atom. The van der Waals surface area contributed by atoms with Gasteiger partial charge >= 0.3 is 0 Å². The first-order valence-corrected chi connectivity index (χ1v) is 3.27. The molecule has 1 radical (unpaired) electrons. The first kappa shape index (κ1) is 6.09. The minimum atomic E-state index is 0.398. The van der Waals surface area contributed by atoms with Crippen LogP contribution in [0.25, 0.3) is 0 Å². The van der Waals surface area contributed by atoms with E-state index < -0.39 is 0 Å². The Balaban J connectivity index is 2.33. The second-order valence-corrected chi connectivity index (χ2v) is 3.09. The summed E-state index contributed by atoms with van der Waals surface area (Å²) in [6.07, 6.45) is 4.86. The van der Waals surface area contributed by atoms with Crippen molar-refractivity contribution in [2.24, 2.45) is 0 Å². The van der Waals surface area contributed by atoms with Crippen LogP contribution in [0.2, 0.25) is 0 Å².